The van der Waals surface area contributed by atoms with Crippen LogP contribution in [0, 0.1) is 0 Å². The number of nitrogens with one attached hydrogen (secondary N) is 1. The number of carbonyl (C=O) groups is 1. The lowest BCUT2D eigenvalue weighted by molar-refractivity contribution is 0.0916. The fourth-order valence-electron chi connectivity index (χ4n) is 2.33. The maximum atomic E-state index is 12.3. The number of nitrogens with zero attached hydrogens (tertiary/aromatic N) is 3. The molecule has 0 aliphatic heterocycles. The summed E-state index contributed by atoms with van der Waals surface area (Å²) in [6, 6.07) is 10.3. The summed E-state index contributed by atoms with van der Waals surface area (Å²) >= 11 is 0. The van der Waals surface area contributed by atoms with Gasteiger partial charge in [0.1, 0.15) is 17.9 Å². The van der Waals surface area contributed by atoms with Crippen molar-refractivity contribution in [3.8, 4) is 11.6 Å². The standard InChI is InChI=1S/C18H18N4O3/c1-25-15-4-2-13(3-5-15)16(23)11-21-18(24)14-6-7-20-17(10-14)22-9-8-19-12-22/h2-10,12,16,23H,11H2,1H3,(H,21,24)/t16-/m1/s1. The number of benzene rings is 1. The van der Waals surface area contributed by atoms with Crippen molar-refractivity contribution < 1.29 is 14.6 Å². The predicted octanol–water partition coefficient (Wildman–Crippen LogP) is 1.74. The number of amides is 1. The molecule has 0 bridgehead atoms. The maximum Gasteiger partial charge on any atom is 0.251 e. The number of aromatic nitrogens is 3. The van der Waals surface area contributed by atoms with Gasteiger partial charge in [0.25, 0.3) is 5.91 Å². The van der Waals surface area contributed by atoms with Crippen LogP contribution in [-0.4, -0.2) is 39.2 Å². The number of imidazole rings is 1. The minimum absolute atomic E-state index is 0.105. The van der Waals surface area contributed by atoms with Crippen molar-refractivity contribution >= 4 is 5.91 Å². The second-order valence-electron chi connectivity index (χ2n) is 5.37. The van der Waals surface area contributed by atoms with E-state index < -0.39 is 6.10 Å². The quantitative estimate of drug-likeness (QED) is 0.715. The fraction of sp³-hybridized carbons (Fsp3) is 0.167. The zero-order valence-electron chi connectivity index (χ0n) is 13.7. The molecule has 0 unspecified atom stereocenters. The van der Waals surface area contributed by atoms with Crippen LogP contribution in [0.3, 0.4) is 0 Å². The highest BCUT2D eigenvalue weighted by atomic mass is 16.5. The zero-order valence-corrected chi connectivity index (χ0v) is 13.7. The van der Waals surface area contributed by atoms with Gasteiger partial charge in [0, 0.05) is 30.7 Å². The van der Waals surface area contributed by atoms with Crippen LogP contribution < -0.4 is 10.1 Å². The molecule has 0 aliphatic rings. The van der Waals surface area contributed by atoms with Gasteiger partial charge in [0.2, 0.25) is 0 Å². The lowest BCUT2D eigenvalue weighted by atomic mass is 10.1. The number of ether oxygens (including phenoxy) is 1. The van der Waals surface area contributed by atoms with Crippen LogP contribution in [0.1, 0.15) is 22.0 Å². The average Bonchev–Trinajstić information content (AvgIpc) is 3.21. The van der Waals surface area contributed by atoms with Crippen LogP contribution in [0.5, 0.6) is 5.75 Å². The number of pyridine rings is 1. The van der Waals surface area contributed by atoms with Crippen LogP contribution in [-0.2, 0) is 0 Å². The van der Waals surface area contributed by atoms with E-state index in [0.717, 1.165) is 0 Å². The van der Waals surface area contributed by atoms with Crippen molar-refractivity contribution in [1.82, 2.24) is 19.9 Å². The highest BCUT2D eigenvalue weighted by Gasteiger charge is 2.12. The Hall–Kier alpha value is -3.19. The van der Waals surface area contributed by atoms with Gasteiger partial charge >= 0.3 is 0 Å². The smallest absolute Gasteiger partial charge is 0.251 e. The minimum atomic E-state index is -0.801. The van der Waals surface area contributed by atoms with E-state index in [2.05, 4.69) is 15.3 Å². The number of carbonyl (C=O) groups excluding carboxylic acids is 1. The number of hydrogen-bond donors (Lipinski definition) is 2. The van der Waals surface area contributed by atoms with E-state index in [4.69, 9.17) is 4.74 Å². The third-order valence-corrected chi connectivity index (χ3v) is 3.73. The molecule has 128 valence electrons. The molecule has 1 amide bonds. The van der Waals surface area contributed by atoms with Gasteiger partial charge in [-0.3, -0.25) is 9.36 Å². The number of aliphatic hydroxyl groups is 1. The van der Waals surface area contributed by atoms with E-state index in [1.54, 1.807) is 73.0 Å². The van der Waals surface area contributed by atoms with Crippen LogP contribution in [0.15, 0.2) is 61.3 Å². The molecule has 0 radical (unpaired) electrons. The van der Waals surface area contributed by atoms with E-state index in [9.17, 15) is 9.90 Å². The molecule has 0 fully saturated rings. The molecule has 0 spiro atoms. The third-order valence-electron chi connectivity index (χ3n) is 3.73. The summed E-state index contributed by atoms with van der Waals surface area (Å²) in [6.07, 6.45) is 5.75. The number of methoxy groups -OCH3 is 1. The average molecular weight is 338 g/mol. The second kappa shape index (κ2) is 7.59. The van der Waals surface area contributed by atoms with Gasteiger partial charge in [-0.15, -0.1) is 0 Å². The Morgan fingerprint density at radius 1 is 1.28 bits per heavy atom. The van der Waals surface area contributed by atoms with Gasteiger partial charge in [0.05, 0.1) is 13.2 Å². The predicted molar refractivity (Wildman–Crippen MR) is 91.6 cm³/mol. The van der Waals surface area contributed by atoms with Crippen molar-refractivity contribution in [2.75, 3.05) is 13.7 Å². The molecule has 2 heterocycles. The highest BCUT2D eigenvalue weighted by molar-refractivity contribution is 5.94. The first-order chi connectivity index (χ1) is 12.2. The largest absolute Gasteiger partial charge is 0.497 e. The van der Waals surface area contributed by atoms with Crippen LogP contribution >= 0.6 is 0 Å². The lowest BCUT2D eigenvalue weighted by Crippen LogP contribution is -2.28. The summed E-state index contributed by atoms with van der Waals surface area (Å²) in [5.74, 6) is 1.03. The Morgan fingerprint density at radius 2 is 2.08 bits per heavy atom. The molecule has 0 aliphatic carbocycles. The van der Waals surface area contributed by atoms with Crippen LogP contribution in [0.4, 0.5) is 0 Å². The molecule has 0 saturated carbocycles. The summed E-state index contributed by atoms with van der Waals surface area (Å²) < 4.78 is 6.79. The van der Waals surface area contributed by atoms with Gasteiger partial charge in [0.15, 0.2) is 0 Å². The Morgan fingerprint density at radius 3 is 2.76 bits per heavy atom. The first-order valence-electron chi connectivity index (χ1n) is 7.72. The van der Waals surface area contributed by atoms with Crippen molar-refractivity contribution in [2.24, 2.45) is 0 Å². The minimum Gasteiger partial charge on any atom is -0.497 e. The first-order valence-corrected chi connectivity index (χ1v) is 7.72. The van der Waals surface area contributed by atoms with E-state index in [1.807, 2.05) is 0 Å². The van der Waals surface area contributed by atoms with E-state index in [1.165, 1.54) is 0 Å². The summed E-state index contributed by atoms with van der Waals surface area (Å²) in [4.78, 5) is 20.5. The molecule has 3 aromatic rings. The van der Waals surface area contributed by atoms with E-state index in [0.29, 0.717) is 22.7 Å². The summed E-state index contributed by atoms with van der Waals surface area (Å²) in [6.45, 7) is 0.105. The molecule has 25 heavy (non-hydrogen) atoms. The molecule has 1 aromatic carbocycles. The number of hydrogen-bond acceptors (Lipinski definition) is 5. The van der Waals surface area contributed by atoms with E-state index >= 15 is 0 Å². The molecule has 1 atom stereocenters. The molecule has 0 saturated heterocycles. The Balaban J connectivity index is 1.63. The number of rotatable bonds is 6. The Labute approximate surface area is 144 Å². The molecule has 7 nitrogen and oxygen atoms in total. The maximum absolute atomic E-state index is 12.3. The van der Waals surface area contributed by atoms with Crippen LogP contribution in [0.2, 0.25) is 0 Å². The van der Waals surface area contributed by atoms with Crippen LogP contribution in [0.25, 0.3) is 5.82 Å². The number of aliphatic hydroxyl groups excluding tert-OH is 1. The van der Waals surface area contributed by atoms with Gasteiger partial charge in [-0.2, -0.15) is 0 Å². The van der Waals surface area contributed by atoms with Gasteiger partial charge in [-0.05, 0) is 29.8 Å². The van der Waals surface area contributed by atoms with Gasteiger partial charge < -0.3 is 15.2 Å². The third kappa shape index (κ3) is 4.02. The molecular weight excluding hydrogens is 320 g/mol. The molecule has 2 aromatic heterocycles. The van der Waals surface area contributed by atoms with E-state index in [-0.39, 0.29) is 12.5 Å². The lowest BCUT2D eigenvalue weighted by Gasteiger charge is -2.13. The second-order valence-corrected chi connectivity index (χ2v) is 5.37. The zero-order chi connectivity index (χ0) is 17.6. The normalized spacial score (nSPS) is 11.8. The molecule has 7 heteroatoms. The Bertz CT molecular complexity index is 832. The summed E-state index contributed by atoms with van der Waals surface area (Å²) in [7, 11) is 1.58. The summed E-state index contributed by atoms with van der Waals surface area (Å²) in [5, 5.41) is 12.9. The monoisotopic (exact) mass is 338 g/mol. The molecular formula is C18H18N4O3. The SMILES string of the molecule is COc1ccc([C@H](O)CNC(=O)c2ccnc(-n3ccnc3)c2)cc1. The summed E-state index contributed by atoms with van der Waals surface area (Å²) in [5.41, 5.74) is 1.16. The first kappa shape index (κ1) is 16.7. The van der Waals surface area contributed by atoms with Crippen molar-refractivity contribution in [2.45, 2.75) is 6.10 Å². The fourth-order valence-corrected chi connectivity index (χ4v) is 2.33. The van der Waals surface area contributed by atoms with Gasteiger partial charge in [-0.25, -0.2) is 9.97 Å². The van der Waals surface area contributed by atoms with Crippen molar-refractivity contribution in [3.63, 3.8) is 0 Å². The van der Waals surface area contributed by atoms with Gasteiger partial charge in [-0.1, -0.05) is 12.1 Å². The highest BCUT2D eigenvalue weighted by Crippen LogP contribution is 2.17. The molecule has 3 rings (SSSR count). The van der Waals surface area contributed by atoms with Crippen molar-refractivity contribution in [3.05, 3.63) is 72.4 Å². The Kier molecular flexibility index (Phi) is 5.06. The molecule has 2 N–H and O–H groups in total. The van der Waals surface area contributed by atoms with Crippen molar-refractivity contribution in [1.29, 1.82) is 0 Å². The topological polar surface area (TPSA) is 89.3 Å².